The van der Waals surface area contributed by atoms with Gasteiger partial charge in [-0.2, -0.15) is 0 Å². The molecular formula is C16H21FN2O2. The molecule has 2 aliphatic rings. The summed E-state index contributed by atoms with van der Waals surface area (Å²) in [6, 6.07) is 6.77. The van der Waals surface area contributed by atoms with E-state index in [1.807, 2.05) is 0 Å². The smallest absolute Gasteiger partial charge is 0.251 e. The van der Waals surface area contributed by atoms with E-state index in [4.69, 9.17) is 0 Å². The number of nitrogens with one attached hydrogen (secondary N) is 1. The zero-order valence-electron chi connectivity index (χ0n) is 12.0. The number of hydrogen-bond acceptors (Lipinski definition) is 3. The van der Waals surface area contributed by atoms with Crippen LogP contribution < -0.4 is 5.32 Å². The molecule has 1 amide bonds. The first kappa shape index (κ1) is 14.5. The van der Waals surface area contributed by atoms with Gasteiger partial charge in [-0.3, -0.25) is 9.69 Å². The fourth-order valence-electron chi connectivity index (χ4n) is 2.78. The fraction of sp³-hybridized carbons (Fsp3) is 0.562. The predicted octanol–water partition coefficient (Wildman–Crippen LogP) is 1.34. The maximum absolute atomic E-state index is 12.5. The van der Waals surface area contributed by atoms with Gasteiger partial charge in [-0.15, -0.1) is 0 Å². The molecule has 1 aromatic rings. The van der Waals surface area contributed by atoms with Gasteiger partial charge in [0.15, 0.2) is 0 Å². The Kier molecular flexibility index (Phi) is 4.22. The van der Waals surface area contributed by atoms with E-state index in [9.17, 15) is 14.3 Å². The van der Waals surface area contributed by atoms with Gasteiger partial charge >= 0.3 is 0 Å². The first-order chi connectivity index (χ1) is 10.2. The van der Waals surface area contributed by atoms with Gasteiger partial charge in [-0.25, -0.2) is 4.39 Å². The van der Waals surface area contributed by atoms with Crippen LogP contribution in [0.2, 0.25) is 0 Å². The zero-order valence-corrected chi connectivity index (χ0v) is 12.0. The van der Waals surface area contributed by atoms with Gasteiger partial charge in [0.1, 0.15) is 6.67 Å². The number of nitrogens with zero attached hydrogens (tertiary/aromatic N) is 1. The second kappa shape index (κ2) is 6.12. The Labute approximate surface area is 124 Å². The van der Waals surface area contributed by atoms with Crippen molar-refractivity contribution in [3.8, 4) is 0 Å². The van der Waals surface area contributed by atoms with E-state index in [0.29, 0.717) is 30.1 Å². The van der Waals surface area contributed by atoms with Crippen LogP contribution in [0.15, 0.2) is 24.3 Å². The molecule has 2 N–H and O–H groups in total. The molecule has 2 fully saturated rings. The van der Waals surface area contributed by atoms with Crippen molar-refractivity contribution in [1.29, 1.82) is 0 Å². The highest BCUT2D eigenvalue weighted by molar-refractivity contribution is 5.94. The number of carbonyl (C=O) groups excluding carboxylic acids is 1. The van der Waals surface area contributed by atoms with Crippen molar-refractivity contribution < 1.29 is 14.3 Å². The lowest BCUT2D eigenvalue weighted by atomic mass is 10.1. The van der Waals surface area contributed by atoms with Crippen LogP contribution in [0, 0.1) is 5.92 Å². The maximum atomic E-state index is 12.5. The third-order valence-electron chi connectivity index (χ3n) is 4.27. The molecule has 1 aromatic carbocycles. The van der Waals surface area contributed by atoms with Crippen LogP contribution in [0.3, 0.4) is 0 Å². The van der Waals surface area contributed by atoms with Gasteiger partial charge < -0.3 is 10.4 Å². The van der Waals surface area contributed by atoms with Gasteiger partial charge in [0.05, 0.1) is 6.10 Å². The minimum absolute atomic E-state index is 0.0987. The van der Waals surface area contributed by atoms with Crippen molar-refractivity contribution in [2.75, 3.05) is 19.6 Å². The first-order valence-corrected chi connectivity index (χ1v) is 7.52. The SMILES string of the molecule is O=C(NC(CN1CC(O)C1)C1CC1)c1ccc(CF)cc1. The van der Waals surface area contributed by atoms with Crippen molar-refractivity contribution in [3.63, 3.8) is 0 Å². The van der Waals surface area contributed by atoms with Crippen molar-refractivity contribution >= 4 is 5.91 Å². The highest BCUT2D eigenvalue weighted by Crippen LogP contribution is 2.33. The van der Waals surface area contributed by atoms with E-state index in [1.165, 1.54) is 0 Å². The van der Waals surface area contributed by atoms with E-state index in [-0.39, 0.29) is 18.1 Å². The summed E-state index contributed by atoms with van der Waals surface area (Å²) in [5, 5.41) is 12.4. The number of amides is 1. The third-order valence-corrected chi connectivity index (χ3v) is 4.27. The predicted molar refractivity (Wildman–Crippen MR) is 77.7 cm³/mol. The maximum Gasteiger partial charge on any atom is 0.251 e. The van der Waals surface area contributed by atoms with Gasteiger partial charge in [-0.1, -0.05) is 12.1 Å². The van der Waals surface area contributed by atoms with Gasteiger partial charge in [0.2, 0.25) is 0 Å². The number of halogens is 1. The molecule has 3 rings (SSSR count). The number of hydrogen-bond donors (Lipinski definition) is 2. The third kappa shape index (κ3) is 3.60. The molecule has 0 radical (unpaired) electrons. The van der Waals surface area contributed by atoms with Crippen LogP contribution in [-0.4, -0.2) is 47.7 Å². The van der Waals surface area contributed by atoms with E-state index in [2.05, 4.69) is 10.2 Å². The monoisotopic (exact) mass is 292 g/mol. The molecule has 0 bridgehead atoms. The summed E-state index contributed by atoms with van der Waals surface area (Å²) in [6.07, 6.45) is 2.10. The summed E-state index contributed by atoms with van der Waals surface area (Å²) in [7, 11) is 0. The number of aliphatic hydroxyl groups excluding tert-OH is 1. The van der Waals surface area contributed by atoms with Crippen molar-refractivity contribution in [2.45, 2.75) is 31.7 Å². The van der Waals surface area contributed by atoms with E-state index in [0.717, 1.165) is 19.4 Å². The highest BCUT2D eigenvalue weighted by Gasteiger charge is 2.36. The molecule has 1 heterocycles. The molecule has 0 aromatic heterocycles. The van der Waals surface area contributed by atoms with Crippen LogP contribution in [0.25, 0.3) is 0 Å². The van der Waals surface area contributed by atoms with E-state index >= 15 is 0 Å². The van der Waals surface area contributed by atoms with E-state index in [1.54, 1.807) is 24.3 Å². The summed E-state index contributed by atoms with van der Waals surface area (Å²) < 4.78 is 12.5. The largest absolute Gasteiger partial charge is 0.390 e. The van der Waals surface area contributed by atoms with Crippen LogP contribution in [-0.2, 0) is 6.67 Å². The molecule has 1 unspecified atom stereocenters. The topological polar surface area (TPSA) is 52.6 Å². The molecule has 4 nitrogen and oxygen atoms in total. The minimum Gasteiger partial charge on any atom is -0.390 e. The summed E-state index contributed by atoms with van der Waals surface area (Å²) in [6.45, 7) is 1.69. The van der Waals surface area contributed by atoms with Crippen molar-refractivity contribution in [1.82, 2.24) is 10.2 Å². The minimum atomic E-state index is -0.510. The number of rotatable bonds is 6. The lowest BCUT2D eigenvalue weighted by Crippen LogP contribution is -2.56. The lowest BCUT2D eigenvalue weighted by Gasteiger charge is -2.38. The summed E-state index contributed by atoms with van der Waals surface area (Å²) in [4.78, 5) is 14.4. The normalized spacial score (nSPS) is 20.9. The zero-order chi connectivity index (χ0) is 14.8. The molecule has 5 heteroatoms. The Hall–Kier alpha value is -1.46. The molecule has 0 spiro atoms. The molecular weight excluding hydrogens is 271 g/mol. The highest BCUT2D eigenvalue weighted by atomic mass is 19.1. The van der Waals surface area contributed by atoms with Crippen LogP contribution in [0.5, 0.6) is 0 Å². The van der Waals surface area contributed by atoms with Gasteiger partial charge in [0.25, 0.3) is 5.91 Å². The molecule has 1 saturated heterocycles. The standard InChI is InChI=1S/C16H21FN2O2/c17-7-11-1-3-13(4-2-11)16(21)18-15(12-5-6-12)10-19-8-14(20)9-19/h1-4,12,14-15,20H,5-10H2,(H,18,21). The van der Waals surface area contributed by atoms with Crippen LogP contribution in [0.1, 0.15) is 28.8 Å². The molecule has 1 atom stereocenters. The molecule has 21 heavy (non-hydrogen) atoms. The Bertz CT molecular complexity index is 496. The van der Waals surface area contributed by atoms with Crippen molar-refractivity contribution in [3.05, 3.63) is 35.4 Å². The number of aliphatic hydroxyl groups is 1. The van der Waals surface area contributed by atoms with E-state index < -0.39 is 6.67 Å². The number of β-amino-alcohol motifs (C(OH)–C–C–N with tert-alkyl or cyclic N) is 1. The van der Waals surface area contributed by atoms with Gasteiger partial charge in [0, 0.05) is 31.2 Å². The van der Waals surface area contributed by atoms with Gasteiger partial charge in [-0.05, 0) is 36.5 Å². The Morgan fingerprint density at radius 3 is 2.52 bits per heavy atom. The fourth-order valence-corrected chi connectivity index (χ4v) is 2.78. The summed E-state index contributed by atoms with van der Waals surface area (Å²) >= 11 is 0. The second-order valence-electron chi connectivity index (χ2n) is 6.12. The first-order valence-electron chi connectivity index (χ1n) is 7.52. The Balaban J connectivity index is 1.57. The molecule has 1 aliphatic carbocycles. The quantitative estimate of drug-likeness (QED) is 0.832. The number of alkyl halides is 1. The number of likely N-dealkylation sites (tertiary alicyclic amines) is 1. The second-order valence-corrected chi connectivity index (χ2v) is 6.12. The molecule has 1 saturated carbocycles. The van der Waals surface area contributed by atoms with Crippen molar-refractivity contribution in [2.24, 2.45) is 5.92 Å². The Morgan fingerprint density at radius 1 is 1.33 bits per heavy atom. The summed E-state index contributed by atoms with van der Waals surface area (Å²) in [5.41, 5.74) is 1.15. The molecule has 1 aliphatic heterocycles. The molecule has 114 valence electrons. The average molecular weight is 292 g/mol. The lowest BCUT2D eigenvalue weighted by molar-refractivity contribution is -0.00389. The average Bonchev–Trinajstić information content (AvgIpc) is 3.29. The Morgan fingerprint density at radius 2 is 2.00 bits per heavy atom. The summed E-state index contributed by atoms with van der Waals surface area (Å²) in [5.74, 6) is 0.454. The number of carbonyl (C=O) groups is 1. The van der Waals surface area contributed by atoms with Crippen LogP contribution >= 0.6 is 0 Å². The number of benzene rings is 1. The van der Waals surface area contributed by atoms with Crippen LogP contribution in [0.4, 0.5) is 4.39 Å².